The highest BCUT2D eigenvalue weighted by molar-refractivity contribution is 14.1. The molecule has 0 aliphatic carbocycles. The van der Waals surface area contributed by atoms with Gasteiger partial charge in [-0.2, -0.15) is 5.10 Å². The third-order valence-corrected chi connectivity index (χ3v) is 7.48. The van der Waals surface area contributed by atoms with Gasteiger partial charge in [0.05, 0.1) is 14.3 Å². The van der Waals surface area contributed by atoms with Crippen LogP contribution in [0, 0.1) is 3.57 Å². The zero-order chi connectivity index (χ0) is 26.4. The molecule has 0 radical (unpaired) electrons. The normalized spacial score (nSPS) is 11.5. The van der Waals surface area contributed by atoms with Crippen LogP contribution in [0.3, 0.4) is 0 Å². The number of hydrogen-bond donors (Lipinski definition) is 2. The van der Waals surface area contributed by atoms with Crippen LogP contribution < -0.4 is 10.2 Å². The monoisotopic (exact) mass is 708 g/mol. The summed E-state index contributed by atoms with van der Waals surface area (Å²) in [6.45, 7) is 0.269. The van der Waals surface area contributed by atoms with E-state index in [1.807, 2.05) is 30.3 Å². The first-order valence-electron chi connectivity index (χ1n) is 11.0. The number of ether oxygens (including phenoxy) is 1. The van der Waals surface area contributed by atoms with Gasteiger partial charge in [-0.15, -0.1) is 0 Å². The molecule has 4 aromatic rings. The molecule has 37 heavy (non-hydrogen) atoms. The first-order chi connectivity index (χ1) is 17.8. The fraction of sp³-hybridized carbons (Fsp3) is 0.0714. The first-order valence-corrected chi connectivity index (χ1v) is 13.6. The average Bonchev–Trinajstić information content (AvgIpc) is 2.89. The van der Waals surface area contributed by atoms with Crippen LogP contribution in [-0.4, -0.2) is 17.2 Å². The highest BCUT2D eigenvalue weighted by atomic mass is 127. The number of hydrazone groups is 1. The molecule has 0 saturated carbocycles. The molecule has 0 bridgehead atoms. The molecule has 4 rings (SSSR count). The third kappa shape index (κ3) is 6.53. The second-order valence-corrected chi connectivity index (χ2v) is 10.8. The summed E-state index contributed by atoms with van der Waals surface area (Å²) in [5.41, 5.74) is 2.99. The van der Waals surface area contributed by atoms with Crippen molar-refractivity contribution in [1.82, 2.24) is 5.43 Å². The van der Waals surface area contributed by atoms with E-state index in [1.165, 1.54) is 6.21 Å². The van der Waals surface area contributed by atoms with Gasteiger partial charge in [0, 0.05) is 15.6 Å². The highest BCUT2D eigenvalue weighted by Crippen LogP contribution is 2.33. The molecule has 4 aromatic carbocycles. The summed E-state index contributed by atoms with van der Waals surface area (Å²) in [4.78, 5) is 13.2. The Kier molecular flexibility index (Phi) is 9.26. The minimum Gasteiger partial charge on any atom is -0.487 e. The number of nitrogens with one attached hydrogen (secondary N) is 1. The minimum absolute atomic E-state index is 0.269. The lowest BCUT2D eigenvalue weighted by atomic mass is 9.85. The summed E-state index contributed by atoms with van der Waals surface area (Å²) < 4.78 is 7.52. The van der Waals surface area contributed by atoms with E-state index in [4.69, 9.17) is 27.9 Å². The van der Waals surface area contributed by atoms with Crippen molar-refractivity contribution in [3.05, 3.63) is 131 Å². The number of amides is 1. The summed E-state index contributed by atoms with van der Waals surface area (Å²) in [5.74, 6) is -0.0231. The number of nitrogens with zero attached hydrogens (tertiary/aromatic N) is 1. The molecule has 0 spiro atoms. The summed E-state index contributed by atoms with van der Waals surface area (Å²) in [6, 6.07) is 26.4. The molecule has 9 heteroatoms. The molecule has 0 unspecified atom stereocenters. The molecule has 0 fully saturated rings. The van der Waals surface area contributed by atoms with Gasteiger partial charge in [-0.25, -0.2) is 5.43 Å². The number of halogens is 4. The van der Waals surface area contributed by atoms with Crippen LogP contribution in [0.1, 0.15) is 22.3 Å². The van der Waals surface area contributed by atoms with Gasteiger partial charge in [-0.1, -0.05) is 89.9 Å². The maximum atomic E-state index is 13.2. The maximum absolute atomic E-state index is 13.2. The molecule has 0 atom stereocenters. The third-order valence-electron chi connectivity index (χ3n) is 5.50. The van der Waals surface area contributed by atoms with Gasteiger partial charge in [0.15, 0.2) is 5.60 Å². The van der Waals surface area contributed by atoms with E-state index < -0.39 is 11.5 Å². The van der Waals surface area contributed by atoms with E-state index >= 15 is 0 Å². The predicted molar refractivity (Wildman–Crippen MR) is 159 cm³/mol. The Balaban J connectivity index is 1.49. The van der Waals surface area contributed by atoms with Crippen molar-refractivity contribution in [3.63, 3.8) is 0 Å². The second kappa shape index (κ2) is 12.4. The van der Waals surface area contributed by atoms with Crippen molar-refractivity contribution in [2.75, 3.05) is 0 Å². The Morgan fingerprint density at radius 1 is 1.00 bits per heavy atom. The van der Waals surface area contributed by atoms with E-state index in [0.717, 1.165) is 14.7 Å². The smallest absolute Gasteiger partial charge is 0.281 e. The van der Waals surface area contributed by atoms with Crippen molar-refractivity contribution in [2.24, 2.45) is 5.10 Å². The summed E-state index contributed by atoms with van der Waals surface area (Å²) in [6.07, 6.45) is 1.50. The van der Waals surface area contributed by atoms with Crippen molar-refractivity contribution in [3.8, 4) is 5.75 Å². The Bertz CT molecular complexity index is 1370. The van der Waals surface area contributed by atoms with Gasteiger partial charge in [0.2, 0.25) is 0 Å². The van der Waals surface area contributed by atoms with Gasteiger partial charge >= 0.3 is 0 Å². The van der Waals surface area contributed by atoms with Crippen LogP contribution in [0.2, 0.25) is 10.0 Å². The largest absolute Gasteiger partial charge is 0.487 e. The lowest BCUT2D eigenvalue weighted by Crippen LogP contribution is -2.43. The van der Waals surface area contributed by atoms with Gasteiger partial charge in [0.1, 0.15) is 12.4 Å². The minimum atomic E-state index is -1.91. The van der Waals surface area contributed by atoms with Crippen LogP contribution in [0.4, 0.5) is 0 Å². The van der Waals surface area contributed by atoms with Gasteiger partial charge < -0.3 is 9.84 Å². The standard InChI is InChI=1S/C28H20BrCl2IN2O3/c29-23-13-18(14-25(32)26(23)37-17-19-11-12-22(30)15-24(19)31)16-33-34-27(35)28(36,20-7-3-1-4-8-20)21-9-5-2-6-10-21/h1-16,36H,17H2,(H,34,35)/b33-16+. The van der Waals surface area contributed by atoms with Crippen molar-refractivity contribution < 1.29 is 14.6 Å². The average molecular weight is 710 g/mol. The Labute approximate surface area is 246 Å². The highest BCUT2D eigenvalue weighted by Gasteiger charge is 2.39. The molecule has 2 N–H and O–H groups in total. The Morgan fingerprint density at radius 3 is 2.19 bits per heavy atom. The maximum Gasteiger partial charge on any atom is 0.281 e. The lowest BCUT2D eigenvalue weighted by molar-refractivity contribution is -0.136. The molecular formula is C28H20BrCl2IN2O3. The summed E-state index contributed by atoms with van der Waals surface area (Å²) in [7, 11) is 0. The molecule has 188 valence electrons. The molecule has 1 amide bonds. The van der Waals surface area contributed by atoms with E-state index in [0.29, 0.717) is 31.4 Å². The SMILES string of the molecule is O=C(N/N=C/c1cc(Br)c(OCc2ccc(Cl)cc2Cl)c(I)c1)C(O)(c1ccccc1)c1ccccc1. The van der Waals surface area contributed by atoms with E-state index in [-0.39, 0.29) is 6.61 Å². The van der Waals surface area contributed by atoms with Crippen LogP contribution >= 0.6 is 61.7 Å². The molecule has 0 aliphatic heterocycles. The summed E-state index contributed by atoms with van der Waals surface area (Å²) in [5, 5.41) is 16.7. The van der Waals surface area contributed by atoms with E-state index in [2.05, 4.69) is 49.0 Å². The quantitative estimate of drug-likeness (QED) is 0.114. The molecule has 0 heterocycles. The number of carbonyl (C=O) groups is 1. The van der Waals surface area contributed by atoms with E-state index in [9.17, 15) is 9.90 Å². The molecule has 0 aromatic heterocycles. The fourth-order valence-electron chi connectivity index (χ4n) is 3.61. The van der Waals surface area contributed by atoms with E-state index in [1.54, 1.807) is 60.7 Å². The fourth-order valence-corrected chi connectivity index (χ4v) is 5.85. The number of aliphatic hydroxyl groups is 1. The summed E-state index contributed by atoms with van der Waals surface area (Å²) >= 11 is 17.9. The van der Waals surface area contributed by atoms with Gasteiger partial charge in [-0.05, 0) is 79.5 Å². The van der Waals surface area contributed by atoms with Crippen molar-refractivity contribution in [1.29, 1.82) is 0 Å². The molecule has 5 nitrogen and oxygen atoms in total. The zero-order valence-electron chi connectivity index (χ0n) is 19.2. The number of rotatable bonds is 8. The van der Waals surface area contributed by atoms with Gasteiger partial charge in [0.25, 0.3) is 5.91 Å². The van der Waals surface area contributed by atoms with Gasteiger partial charge in [-0.3, -0.25) is 4.79 Å². The van der Waals surface area contributed by atoms with Crippen LogP contribution in [0.15, 0.2) is 101 Å². The van der Waals surface area contributed by atoms with Crippen LogP contribution in [0.5, 0.6) is 5.75 Å². The molecular weight excluding hydrogens is 690 g/mol. The Morgan fingerprint density at radius 2 is 1.62 bits per heavy atom. The van der Waals surface area contributed by atoms with Crippen LogP contribution in [0.25, 0.3) is 0 Å². The lowest BCUT2D eigenvalue weighted by Gasteiger charge is -2.27. The molecule has 0 saturated heterocycles. The van der Waals surface area contributed by atoms with Crippen molar-refractivity contribution >= 4 is 73.8 Å². The zero-order valence-corrected chi connectivity index (χ0v) is 24.4. The van der Waals surface area contributed by atoms with Crippen molar-refractivity contribution in [2.45, 2.75) is 12.2 Å². The topological polar surface area (TPSA) is 70.9 Å². The predicted octanol–water partition coefficient (Wildman–Crippen LogP) is 7.33. The first kappa shape index (κ1) is 27.6. The molecule has 0 aliphatic rings. The van der Waals surface area contributed by atoms with Crippen LogP contribution in [-0.2, 0) is 17.0 Å². The number of hydrogen-bond acceptors (Lipinski definition) is 4. The number of benzene rings is 4. The number of carbonyl (C=O) groups excluding carboxylic acids is 1. The second-order valence-electron chi connectivity index (χ2n) is 7.98. The Hall–Kier alpha value is -2.43.